The van der Waals surface area contributed by atoms with Gasteiger partial charge in [0, 0.05) is 5.56 Å². The van der Waals surface area contributed by atoms with Gasteiger partial charge in [0.05, 0.1) is 18.7 Å². The molecule has 0 amide bonds. The second-order valence-electron chi connectivity index (χ2n) is 2.37. The summed E-state index contributed by atoms with van der Waals surface area (Å²) < 4.78 is 17.6. The van der Waals surface area contributed by atoms with E-state index in [-0.39, 0.29) is 5.38 Å². The molecule has 1 heterocycles. The Morgan fingerprint density at radius 3 is 2.83 bits per heavy atom. The number of aromatic nitrogens is 1. The van der Waals surface area contributed by atoms with Crippen molar-refractivity contribution in [1.82, 2.24) is 4.98 Å². The van der Waals surface area contributed by atoms with Gasteiger partial charge in [0.15, 0.2) is 0 Å². The Hall–Kier alpha value is -0.830. The van der Waals surface area contributed by atoms with Gasteiger partial charge in [0.2, 0.25) is 5.88 Å². The van der Waals surface area contributed by atoms with Crippen LogP contribution < -0.4 is 4.74 Å². The molecule has 1 aromatic rings. The molecule has 0 spiro atoms. The second-order valence-corrected chi connectivity index (χ2v) is 3.02. The normalized spacial score (nSPS) is 12.7. The highest BCUT2D eigenvalue weighted by Gasteiger charge is 2.10. The molecule has 66 valence electrons. The van der Waals surface area contributed by atoms with Crippen molar-refractivity contribution in [3.8, 4) is 5.88 Å². The SMILES string of the molecule is COc1ncc(F)cc1C(C)Cl. The molecule has 1 unspecified atom stereocenters. The average Bonchev–Trinajstić information content (AvgIpc) is 2.04. The first-order chi connectivity index (χ1) is 5.65. The molecular weight excluding hydrogens is 181 g/mol. The molecule has 0 N–H and O–H groups in total. The van der Waals surface area contributed by atoms with E-state index < -0.39 is 5.82 Å². The van der Waals surface area contributed by atoms with Gasteiger partial charge < -0.3 is 4.74 Å². The molecule has 0 aliphatic rings. The molecule has 12 heavy (non-hydrogen) atoms. The molecule has 0 fully saturated rings. The van der Waals surface area contributed by atoms with E-state index in [2.05, 4.69) is 4.98 Å². The maximum Gasteiger partial charge on any atom is 0.217 e. The summed E-state index contributed by atoms with van der Waals surface area (Å²) in [5, 5.41) is -0.303. The van der Waals surface area contributed by atoms with Gasteiger partial charge in [-0.2, -0.15) is 0 Å². The molecule has 0 aromatic carbocycles. The van der Waals surface area contributed by atoms with Crippen LogP contribution in [0.1, 0.15) is 17.9 Å². The number of rotatable bonds is 2. The molecule has 0 saturated heterocycles. The lowest BCUT2D eigenvalue weighted by Crippen LogP contribution is -1.96. The van der Waals surface area contributed by atoms with Crippen molar-refractivity contribution < 1.29 is 9.13 Å². The summed E-state index contributed by atoms with van der Waals surface area (Å²) in [7, 11) is 1.48. The predicted octanol–water partition coefficient (Wildman–Crippen LogP) is 2.53. The lowest BCUT2D eigenvalue weighted by molar-refractivity contribution is 0.390. The zero-order valence-electron chi connectivity index (χ0n) is 6.84. The van der Waals surface area contributed by atoms with E-state index in [1.54, 1.807) is 6.92 Å². The van der Waals surface area contributed by atoms with Gasteiger partial charge in [-0.3, -0.25) is 0 Å². The van der Waals surface area contributed by atoms with Gasteiger partial charge >= 0.3 is 0 Å². The van der Waals surface area contributed by atoms with Crippen LogP contribution in [0.4, 0.5) is 4.39 Å². The van der Waals surface area contributed by atoms with Crippen LogP contribution in [-0.4, -0.2) is 12.1 Å². The van der Waals surface area contributed by atoms with Gasteiger partial charge in [-0.15, -0.1) is 11.6 Å². The van der Waals surface area contributed by atoms with E-state index in [1.807, 2.05) is 0 Å². The highest BCUT2D eigenvalue weighted by Crippen LogP contribution is 2.27. The van der Waals surface area contributed by atoms with Crippen LogP contribution >= 0.6 is 11.6 Å². The molecule has 0 bridgehead atoms. The number of ether oxygens (including phenoxy) is 1. The minimum absolute atomic E-state index is 0.303. The van der Waals surface area contributed by atoms with E-state index in [4.69, 9.17) is 16.3 Å². The van der Waals surface area contributed by atoms with Gasteiger partial charge in [0.25, 0.3) is 0 Å². The zero-order chi connectivity index (χ0) is 9.14. The quantitative estimate of drug-likeness (QED) is 0.667. The van der Waals surface area contributed by atoms with E-state index in [0.29, 0.717) is 11.4 Å². The van der Waals surface area contributed by atoms with Gasteiger partial charge in [-0.05, 0) is 13.0 Å². The number of hydrogen-bond donors (Lipinski definition) is 0. The minimum atomic E-state index is -0.404. The number of methoxy groups -OCH3 is 1. The molecule has 0 aliphatic carbocycles. The minimum Gasteiger partial charge on any atom is -0.481 e. The number of halogens is 2. The molecule has 0 radical (unpaired) electrons. The molecule has 1 aromatic heterocycles. The summed E-state index contributed by atoms with van der Waals surface area (Å²) in [6.07, 6.45) is 1.10. The Morgan fingerprint density at radius 1 is 1.67 bits per heavy atom. The van der Waals surface area contributed by atoms with Gasteiger partial charge in [-0.25, -0.2) is 9.37 Å². The fourth-order valence-corrected chi connectivity index (χ4v) is 1.05. The lowest BCUT2D eigenvalue weighted by atomic mass is 10.2. The van der Waals surface area contributed by atoms with Crippen molar-refractivity contribution in [2.45, 2.75) is 12.3 Å². The van der Waals surface area contributed by atoms with Crippen LogP contribution in [0, 0.1) is 5.82 Å². The van der Waals surface area contributed by atoms with Crippen molar-refractivity contribution in [2.75, 3.05) is 7.11 Å². The maximum absolute atomic E-state index is 12.7. The molecule has 0 saturated carbocycles. The summed E-state index contributed by atoms with van der Waals surface area (Å²) in [5.74, 6) is -0.0304. The van der Waals surface area contributed by atoms with Crippen molar-refractivity contribution in [1.29, 1.82) is 0 Å². The largest absolute Gasteiger partial charge is 0.481 e. The maximum atomic E-state index is 12.7. The van der Waals surface area contributed by atoms with Crippen LogP contribution in [0.25, 0.3) is 0 Å². The zero-order valence-corrected chi connectivity index (χ0v) is 7.60. The van der Waals surface area contributed by atoms with E-state index in [0.717, 1.165) is 6.20 Å². The fraction of sp³-hybridized carbons (Fsp3) is 0.375. The summed E-state index contributed by atoms with van der Waals surface area (Å²) in [6, 6.07) is 1.32. The molecule has 0 aliphatic heterocycles. The highest BCUT2D eigenvalue weighted by molar-refractivity contribution is 6.20. The molecule has 4 heteroatoms. The summed E-state index contributed by atoms with van der Waals surface area (Å²) >= 11 is 5.77. The summed E-state index contributed by atoms with van der Waals surface area (Å²) in [5.41, 5.74) is 0.569. The third kappa shape index (κ3) is 1.85. The third-order valence-corrected chi connectivity index (χ3v) is 1.70. The van der Waals surface area contributed by atoms with Gasteiger partial charge in [-0.1, -0.05) is 0 Å². The fourth-order valence-electron chi connectivity index (χ4n) is 0.898. The molecule has 2 nitrogen and oxygen atoms in total. The number of hydrogen-bond acceptors (Lipinski definition) is 2. The Kier molecular flexibility index (Phi) is 2.87. The van der Waals surface area contributed by atoms with E-state index in [1.165, 1.54) is 13.2 Å². The van der Waals surface area contributed by atoms with Crippen LogP contribution in [-0.2, 0) is 0 Å². The Balaban J connectivity index is 3.12. The Labute approximate surface area is 75.3 Å². The van der Waals surface area contributed by atoms with Crippen LogP contribution in [0.5, 0.6) is 5.88 Å². The van der Waals surface area contributed by atoms with Crippen LogP contribution in [0.3, 0.4) is 0 Å². The molecular formula is C8H9ClFNO. The summed E-state index contributed by atoms with van der Waals surface area (Å²) in [6.45, 7) is 1.74. The van der Waals surface area contributed by atoms with Crippen LogP contribution in [0.2, 0.25) is 0 Å². The number of pyridine rings is 1. The summed E-state index contributed by atoms with van der Waals surface area (Å²) in [4.78, 5) is 3.74. The van der Waals surface area contributed by atoms with Crippen molar-refractivity contribution in [3.63, 3.8) is 0 Å². The van der Waals surface area contributed by atoms with Crippen molar-refractivity contribution in [3.05, 3.63) is 23.6 Å². The standard InChI is InChI=1S/C8H9ClFNO/c1-5(9)7-3-6(10)4-11-8(7)12-2/h3-5H,1-2H3. The first kappa shape index (κ1) is 9.26. The average molecular weight is 190 g/mol. The van der Waals surface area contributed by atoms with Gasteiger partial charge in [0.1, 0.15) is 5.82 Å². The first-order valence-electron chi connectivity index (χ1n) is 3.48. The highest BCUT2D eigenvalue weighted by atomic mass is 35.5. The predicted molar refractivity (Wildman–Crippen MR) is 45.0 cm³/mol. The Morgan fingerprint density at radius 2 is 2.33 bits per heavy atom. The number of nitrogens with zero attached hydrogens (tertiary/aromatic N) is 1. The third-order valence-electron chi connectivity index (χ3n) is 1.47. The van der Waals surface area contributed by atoms with E-state index >= 15 is 0 Å². The molecule has 1 rings (SSSR count). The van der Waals surface area contributed by atoms with Crippen molar-refractivity contribution in [2.24, 2.45) is 0 Å². The van der Waals surface area contributed by atoms with Crippen LogP contribution in [0.15, 0.2) is 12.3 Å². The van der Waals surface area contributed by atoms with Crippen molar-refractivity contribution >= 4 is 11.6 Å². The smallest absolute Gasteiger partial charge is 0.217 e. The topological polar surface area (TPSA) is 22.1 Å². The monoisotopic (exact) mass is 189 g/mol. The second kappa shape index (κ2) is 3.72. The molecule has 1 atom stereocenters. The number of alkyl halides is 1. The Bertz CT molecular complexity index is 278. The lowest BCUT2D eigenvalue weighted by Gasteiger charge is -2.07. The van der Waals surface area contributed by atoms with E-state index in [9.17, 15) is 4.39 Å². The first-order valence-corrected chi connectivity index (χ1v) is 3.92.